The molecule has 0 bridgehead atoms. The van der Waals surface area contributed by atoms with Crippen molar-refractivity contribution in [1.29, 1.82) is 0 Å². The van der Waals surface area contributed by atoms with Crippen molar-refractivity contribution in [2.24, 2.45) is 0 Å². The molecule has 66 valence electrons. The molecule has 0 spiro atoms. The van der Waals surface area contributed by atoms with Gasteiger partial charge in [-0.3, -0.25) is 4.98 Å². The summed E-state index contributed by atoms with van der Waals surface area (Å²) >= 11 is 8.87. The number of pyridine rings is 1. The topological polar surface area (TPSA) is 24.9 Å². The van der Waals surface area contributed by atoms with Crippen molar-refractivity contribution >= 4 is 27.5 Å². The summed E-state index contributed by atoms with van der Waals surface area (Å²) in [4.78, 5) is 4.04. The van der Waals surface area contributed by atoms with E-state index in [9.17, 15) is 0 Å². The summed E-state index contributed by atoms with van der Waals surface area (Å²) in [5.74, 6) is 0.640. The van der Waals surface area contributed by atoms with E-state index >= 15 is 0 Å². The van der Waals surface area contributed by atoms with Crippen molar-refractivity contribution in [3.63, 3.8) is 0 Å². The van der Waals surface area contributed by atoms with E-state index in [0.29, 0.717) is 5.88 Å². The molecule has 0 aromatic carbocycles. The fourth-order valence-electron chi connectivity index (χ4n) is 0.852. The van der Waals surface area contributed by atoms with Crippen LogP contribution in [0.5, 0.6) is 0 Å². The summed E-state index contributed by atoms with van der Waals surface area (Å²) in [5.41, 5.74) is 1.16. The number of nitrogens with zero attached hydrogens (tertiary/aromatic N) is 1. The Hall–Kier alpha value is -0.120. The minimum absolute atomic E-state index is 0.640. The van der Waals surface area contributed by atoms with E-state index < -0.39 is 0 Å². The molecule has 1 heterocycles. The summed E-state index contributed by atoms with van der Waals surface area (Å²) in [6.45, 7) is 1.65. The molecule has 0 saturated heterocycles. The van der Waals surface area contributed by atoms with Crippen LogP contribution in [-0.2, 0) is 6.54 Å². The van der Waals surface area contributed by atoms with E-state index in [1.54, 1.807) is 6.20 Å². The monoisotopic (exact) mass is 248 g/mol. The molecule has 0 atom stereocenters. The van der Waals surface area contributed by atoms with Gasteiger partial charge >= 0.3 is 0 Å². The van der Waals surface area contributed by atoms with Crippen molar-refractivity contribution < 1.29 is 0 Å². The molecule has 1 aromatic heterocycles. The molecule has 1 aromatic rings. The third-order valence-corrected chi connectivity index (χ3v) is 1.98. The van der Waals surface area contributed by atoms with Gasteiger partial charge in [0, 0.05) is 35.8 Å². The molecule has 0 amide bonds. The van der Waals surface area contributed by atoms with Crippen molar-refractivity contribution in [3.8, 4) is 0 Å². The van der Waals surface area contributed by atoms with E-state index in [1.165, 1.54) is 0 Å². The van der Waals surface area contributed by atoms with Crippen LogP contribution in [0.4, 0.5) is 0 Å². The van der Waals surface area contributed by atoms with Gasteiger partial charge in [-0.25, -0.2) is 0 Å². The molecule has 1 N–H and O–H groups in total. The van der Waals surface area contributed by atoms with Gasteiger partial charge in [-0.05, 0) is 27.6 Å². The van der Waals surface area contributed by atoms with Crippen molar-refractivity contribution in [3.05, 3.63) is 28.5 Å². The number of hydrogen-bond acceptors (Lipinski definition) is 2. The van der Waals surface area contributed by atoms with Crippen LogP contribution in [0.1, 0.15) is 5.56 Å². The van der Waals surface area contributed by atoms with Gasteiger partial charge in [-0.1, -0.05) is 0 Å². The molecular weight excluding hydrogens is 239 g/mol. The fourth-order valence-corrected chi connectivity index (χ4v) is 1.40. The number of halogens is 2. The van der Waals surface area contributed by atoms with Crippen LogP contribution in [0, 0.1) is 0 Å². The molecule has 0 unspecified atom stereocenters. The van der Waals surface area contributed by atoms with Crippen LogP contribution in [0.25, 0.3) is 0 Å². The molecular formula is C8H10BrClN2. The Bertz CT molecular complexity index is 242. The summed E-state index contributed by atoms with van der Waals surface area (Å²) in [7, 11) is 0. The van der Waals surface area contributed by atoms with Crippen LogP contribution < -0.4 is 5.32 Å². The maximum Gasteiger partial charge on any atom is 0.0410 e. The first-order valence-corrected chi connectivity index (χ1v) is 5.02. The second kappa shape index (κ2) is 5.51. The Morgan fingerprint density at radius 3 is 3.00 bits per heavy atom. The van der Waals surface area contributed by atoms with Gasteiger partial charge < -0.3 is 5.32 Å². The molecule has 0 fully saturated rings. The lowest BCUT2D eigenvalue weighted by Gasteiger charge is -2.01. The van der Waals surface area contributed by atoms with Gasteiger partial charge in [0.05, 0.1) is 0 Å². The number of aromatic nitrogens is 1. The summed E-state index contributed by atoms with van der Waals surface area (Å²) < 4.78 is 1.01. The van der Waals surface area contributed by atoms with Crippen molar-refractivity contribution in [1.82, 2.24) is 10.3 Å². The van der Waals surface area contributed by atoms with E-state index in [1.807, 2.05) is 12.3 Å². The third kappa shape index (κ3) is 3.52. The molecule has 0 aliphatic heterocycles. The Labute approximate surface area is 85.5 Å². The predicted molar refractivity (Wildman–Crippen MR) is 54.4 cm³/mol. The largest absolute Gasteiger partial charge is 0.311 e. The van der Waals surface area contributed by atoms with Gasteiger partial charge in [-0.15, -0.1) is 11.6 Å². The highest BCUT2D eigenvalue weighted by atomic mass is 79.9. The second-order valence-electron chi connectivity index (χ2n) is 2.38. The third-order valence-electron chi connectivity index (χ3n) is 1.36. The standard InChI is InChI=1S/C8H10BrClN2/c9-8-3-7(5-12-6-8)4-11-2-1-10/h3,5-6,11H,1-2,4H2. The molecule has 12 heavy (non-hydrogen) atoms. The number of rotatable bonds is 4. The summed E-state index contributed by atoms with van der Waals surface area (Å²) in [6.07, 6.45) is 3.61. The van der Waals surface area contributed by atoms with Crippen LogP contribution >= 0.6 is 27.5 Å². The minimum Gasteiger partial charge on any atom is -0.311 e. The fraction of sp³-hybridized carbons (Fsp3) is 0.375. The number of nitrogens with one attached hydrogen (secondary N) is 1. The maximum atomic E-state index is 5.51. The first-order valence-electron chi connectivity index (χ1n) is 3.69. The zero-order valence-corrected chi connectivity index (χ0v) is 8.90. The number of alkyl halides is 1. The summed E-state index contributed by atoms with van der Waals surface area (Å²) in [5, 5.41) is 3.19. The maximum absolute atomic E-state index is 5.51. The Balaban J connectivity index is 2.41. The highest BCUT2D eigenvalue weighted by molar-refractivity contribution is 9.10. The van der Waals surface area contributed by atoms with Crippen LogP contribution in [-0.4, -0.2) is 17.4 Å². The van der Waals surface area contributed by atoms with Gasteiger partial charge in [0.1, 0.15) is 0 Å². The molecule has 0 aliphatic rings. The Morgan fingerprint density at radius 2 is 2.33 bits per heavy atom. The first kappa shape index (κ1) is 9.96. The predicted octanol–water partition coefficient (Wildman–Crippen LogP) is 2.17. The van der Waals surface area contributed by atoms with Crippen LogP contribution in [0.3, 0.4) is 0 Å². The van der Waals surface area contributed by atoms with Gasteiger partial charge in [-0.2, -0.15) is 0 Å². The van der Waals surface area contributed by atoms with Crippen molar-refractivity contribution in [2.45, 2.75) is 6.54 Å². The van der Waals surface area contributed by atoms with E-state index in [-0.39, 0.29) is 0 Å². The van der Waals surface area contributed by atoms with Gasteiger partial charge in [0.25, 0.3) is 0 Å². The Morgan fingerprint density at radius 1 is 1.50 bits per heavy atom. The van der Waals surface area contributed by atoms with Gasteiger partial charge in [0.15, 0.2) is 0 Å². The highest BCUT2D eigenvalue weighted by Gasteiger charge is 1.93. The molecule has 1 rings (SSSR count). The lowest BCUT2D eigenvalue weighted by Crippen LogP contribution is -2.15. The zero-order valence-electron chi connectivity index (χ0n) is 6.56. The molecule has 0 aliphatic carbocycles. The van der Waals surface area contributed by atoms with Gasteiger partial charge in [0.2, 0.25) is 0 Å². The number of hydrogen-bond donors (Lipinski definition) is 1. The average Bonchev–Trinajstić information content (AvgIpc) is 2.05. The quantitative estimate of drug-likeness (QED) is 0.653. The van der Waals surface area contributed by atoms with E-state index in [0.717, 1.165) is 23.1 Å². The SMILES string of the molecule is ClCCNCc1cncc(Br)c1. The highest BCUT2D eigenvalue weighted by Crippen LogP contribution is 2.08. The van der Waals surface area contributed by atoms with E-state index in [4.69, 9.17) is 11.6 Å². The zero-order chi connectivity index (χ0) is 8.81. The molecule has 2 nitrogen and oxygen atoms in total. The lowest BCUT2D eigenvalue weighted by atomic mass is 10.3. The van der Waals surface area contributed by atoms with Crippen molar-refractivity contribution in [2.75, 3.05) is 12.4 Å². The average molecular weight is 250 g/mol. The molecule has 4 heteroatoms. The second-order valence-corrected chi connectivity index (χ2v) is 3.67. The van der Waals surface area contributed by atoms with Crippen LogP contribution in [0.2, 0.25) is 0 Å². The molecule has 0 saturated carbocycles. The summed E-state index contributed by atoms with van der Waals surface area (Å²) in [6, 6.07) is 2.04. The minimum atomic E-state index is 0.640. The Kier molecular flexibility index (Phi) is 4.58. The lowest BCUT2D eigenvalue weighted by molar-refractivity contribution is 0.727. The molecule has 0 radical (unpaired) electrons. The smallest absolute Gasteiger partial charge is 0.0410 e. The first-order chi connectivity index (χ1) is 5.83. The normalized spacial score (nSPS) is 10.2. The van der Waals surface area contributed by atoms with E-state index in [2.05, 4.69) is 26.2 Å². The van der Waals surface area contributed by atoms with Crippen LogP contribution in [0.15, 0.2) is 22.9 Å².